The van der Waals surface area contributed by atoms with Gasteiger partial charge in [-0.3, -0.25) is 14.9 Å². The molecule has 1 amide bonds. The van der Waals surface area contributed by atoms with Crippen LogP contribution in [0.1, 0.15) is 58.4 Å². The normalized spacial score (nSPS) is 32.7. The highest BCUT2D eigenvalue weighted by Crippen LogP contribution is 2.57. The number of benzene rings is 1. The Balaban J connectivity index is 1.92. The van der Waals surface area contributed by atoms with Crippen LogP contribution in [0.2, 0.25) is 5.02 Å². The average molecular weight is 405 g/mol. The molecule has 1 spiro atoms. The van der Waals surface area contributed by atoms with Crippen LogP contribution in [0.15, 0.2) is 18.2 Å². The highest BCUT2D eigenvalue weighted by atomic mass is 35.5. The van der Waals surface area contributed by atoms with Gasteiger partial charge in [0.05, 0.1) is 5.41 Å². The number of anilines is 1. The van der Waals surface area contributed by atoms with E-state index < -0.39 is 17.4 Å². The van der Waals surface area contributed by atoms with Crippen molar-refractivity contribution in [3.63, 3.8) is 0 Å². The van der Waals surface area contributed by atoms with Crippen molar-refractivity contribution in [2.24, 2.45) is 17.3 Å². The highest BCUT2D eigenvalue weighted by Gasteiger charge is 2.66. The quantitative estimate of drug-likeness (QED) is 0.705. The Morgan fingerprint density at radius 2 is 1.96 bits per heavy atom. The lowest BCUT2D eigenvalue weighted by atomic mass is 9.60. The average Bonchev–Trinajstić information content (AvgIpc) is 3.25. The second-order valence-electron chi connectivity index (χ2n) is 9.88. The maximum atomic E-state index is 13.6. The number of hydrogen-bond acceptors (Lipinski definition) is 3. The number of rotatable bonds is 3. The molecule has 3 N–H and O–H groups in total. The third-order valence-electron chi connectivity index (χ3n) is 6.86. The third-order valence-corrected chi connectivity index (χ3v) is 7.09. The molecule has 4 atom stereocenters. The Kier molecular flexibility index (Phi) is 4.74. The highest BCUT2D eigenvalue weighted by molar-refractivity contribution is 6.31. The zero-order valence-corrected chi connectivity index (χ0v) is 17.5. The number of nitrogens with one attached hydrogen (secondary N) is 2. The largest absolute Gasteiger partial charge is 0.480 e. The van der Waals surface area contributed by atoms with Gasteiger partial charge in [0.2, 0.25) is 5.91 Å². The van der Waals surface area contributed by atoms with Crippen LogP contribution in [0.5, 0.6) is 0 Å². The Morgan fingerprint density at radius 1 is 1.29 bits per heavy atom. The lowest BCUT2D eigenvalue weighted by molar-refractivity contribution is -0.141. The number of amides is 1. The minimum atomic E-state index is -0.870. The number of aliphatic carboxylic acids is 1. The lowest BCUT2D eigenvalue weighted by Gasteiger charge is -2.39. The van der Waals surface area contributed by atoms with E-state index >= 15 is 0 Å². The van der Waals surface area contributed by atoms with Crippen molar-refractivity contribution < 1.29 is 14.7 Å². The third kappa shape index (κ3) is 2.94. The van der Waals surface area contributed by atoms with Crippen LogP contribution in [0, 0.1) is 17.3 Å². The summed E-state index contributed by atoms with van der Waals surface area (Å²) in [5, 5.41) is 17.1. The van der Waals surface area contributed by atoms with Gasteiger partial charge in [0.1, 0.15) is 6.04 Å². The molecule has 5 nitrogen and oxygen atoms in total. The molecule has 3 aliphatic rings. The molecule has 4 unspecified atom stereocenters. The number of hydrogen-bond donors (Lipinski definition) is 3. The molecule has 1 aromatic rings. The monoisotopic (exact) mass is 404 g/mol. The van der Waals surface area contributed by atoms with Gasteiger partial charge in [0.25, 0.3) is 0 Å². The fourth-order valence-electron chi connectivity index (χ4n) is 5.97. The van der Waals surface area contributed by atoms with Gasteiger partial charge in [0, 0.05) is 22.7 Å². The summed E-state index contributed by atoms with van der Waals surface area (Å²) in [4.78, 5) is 25.9. The number of carboxylic acids is 1. The summed E-state index contributed by atoms with van der Waals surface area (Å²) in [6.45, 7) is 6.41. The van der Waals surface area contributed by atoms with Crippen LogP contribution in [0.3, 0.4) is 0 Å². The summed E-state index contributed by atoms with van der Waals surface area (Å²) in [5.74, 6) is -0.969. The molecular formula is C22H29ClN2O3. The molecule has 6 heteroatoms. The van der Waals surface area contributed by atoms with Crippen molar-refractivity contribution in [3.05, 3.63) is 28.8 Å². The van der Waals surface area contributed by atoms with E-state index in [-0.39, 0.29) is 29.2 Å². The summed E-state index contributed by atoms with van der Waals surface area (Å²) < 4.78 is 0. The van der Waals surface area contributed by atoms with E-state index in [2.05, 4.69) is 31.4 Å². The fraction of sp³-hybridized carbons (Fsp3) is 0.636. The molecule has 1 aromatic carbocycles. The molecule has 1 aliphatic carbocycles. The number of carbonyl (C=O) groups excluding carboxylic acids is 1. The number of fused-ring (bicyclic) bond motifs is 2. The van der Waals surface area contributed by atoms with E-state index in [1.807, 2.05) is 12.1 Å². The van der Waals surface area contributed by atoms with Crippen LogP contribution in [0.4, 0.5) is 5.69 Å². The molecule has 4 rings (SSSR count). The minimum Gasteiger partial charge on any atom is -0.480 e. The second-order valence-corrected chi connectivity index (χ2v) is 10.3. The van der Waals surface area contributed by atoms with Crippen LogP contribution < -0.4 is 10.6 Å². The Labute approximate surface area is 171 Å². The predicted octanol–water partition coefficient (Wildman–Crippen LogP) is 4.20. The van der Waals surface area contributed by atoms with Gasteiger partial charge >= 0.3 is 5.97 Å². The van der Waals surface area contributed by atoms with Gasteiger partial charge in [-0.1, -0.05) is 64.1 Å². The number of carbonyl (C=O) groups is 2. The first-order valence-corrected chi connectivity index (χ1v) is 10.6. The van der Waals surface area contributed by atoms with Crippen molar-refractivity contribution >= 4 is 29.2 Å². The number of halogens is 1. The van der Waals surface area contributed by atoms with E-state index in [0.717, 1.165) is 43.4 Å². The van der Waals surface area contributed by atoms with Crippen molar-refractivity contribution in [1.29, 1.82) is 0 Å². The topological polar surface area (TPSA) is 78.4 Å². The van der Waals surface area contributed by atoms with Gasteiger partial charge in [-0.2, -0.15) is 0 Å². The van der Waals surface area contributed by atoms with Gasteiger partial charge in [0.15, 0.2) is 0 Å². The summed E-state index contributed by atoms with van der Waals surface area (Å²) in [5.41, 5.74) is 0.718. The standard InChI is InChI=1S/C22H29ClN2O3/c1-21(2,3)11-16-22(14-9-8-13(23)10-15(14)24-20(22)28)17(12-6-4-5-7-12)18(25-16)19(26)27/h8-10,12,16-18,25H,4-7,11H2,1-3H3,(H,24,28)(H,26,27). The molecule has 28 heavy (non-hydrogen) atoms. The molecule has 152 valence electrons. The molecule has 2 aliphatic heterocycles. The lowest BCUT2D eigenvalue weighted by Crippen LogP contribution is -2.51. The van der Waals surface area contributed by atoms with E-state index in [1.54, 1.807) is 6.07 Å². The molecule has 0 radical (unpaired) electrons. The molecule has 2 heterocycles. The molecule has 0 bridgehead atoms. The summed E-state index contributed by atoms with van der Waals surface area (Å²) in [6, 6.07) is 4.58. The number of carboxylic acid groups (broad SMARTS) is 1. The van der Waals surface area contributed by atoms with Crippen LogP contribution in [0.25, 0.3) is 0 Å². The minimum absolute atomic E-state index is 0.0479. The summed E-state index contributed by atoms with van der Waals surface area (Å²) >= 11 is 6.19. The Hall–Kier alpha value is -1.59. The smallest absolute Gasteiger partial charge is 0.321 e. The first-order chi connectivity index (χ1) is 13.1. The zero-order chi connectivity index (χ0) is 20.3. The van der Waals surface area contributed by atoms with Crippen LogP contribution in [-0.4, -0.2) is 29.1 Å². The first kappa shape index (κ1) is 19.7. The second kappa shape index (κ2) is 6.74. The van der Waals surface area contributed by atoms with Crippen LogP contribution >= 0.6 is 11.6 Å². The Morgan fingerprint density at radius 3 is 2.57 bits per heavy atom. The predicted molar refractivity (Wildman–Crippen MR) is 110 cm³/mol. The van der Waals surface area contributed by atoms with E-state index in [9.17, 15) is 14.7 Å². The maximum Gasteiger partial charge on any atom is 0.321 e. The first-order valence-electron chi connectivity index (χ1n) is 10.2. The fourth-order valence-corrected chi connectivity index (χ4v) is 6.14. The van der Waals surface area contributed by atoms with Crippen molar-refractivity contribution in [2.75, 3.05) is 5.32 Å². The van der Waals surface area contributed by atoms with E-state index in [1.165, 1.54) is 0 Å². The van der Waals surface area contributed by atoms with Crippen molar-refractivity contribution in [3.8, 4) is 0 Å². The SMILES string of the molecule is CC(C)(C)CC1NC(C(=O)O)C(C2CCCC2)C12C(=O)Nc1cc(Cl)ccc12. The molecule has 1 saturated carbocycles. The van der Waals surface area contributed by atoms with Gasteiger partial charge in [-0.05, 0) is 35.4 Å². The van der Waals surface area contributed by atoms with Gasteiger partial charge in [-0.15, -0.1) is 0 Å². The Bertz CT molecular complexity index is 812. The van der Waals surface area contributed by atoms with Gasteiger partial charge in [-0.25, -0.2) is 0 Å². The summed E-state index contributed by atoms with van der Waals surface area (Å²) in [6.07, 6.45) is 4.88. The molecular weight excluding hydrogens is 376 g/mol. The molecule has 2 fully saturated rings. The van der Waals surface area contributed by atoms with E-state index in [0.29, 0.717) is 5.02 Å². The van der Waals surface area contributed by atoms with Crippen molar-refractivity contribution in [1.82, 2.24) is 5.32 Å². The zero-order valence-electron chi connectivity index (χ0n) is 16.7. The maximum absolute atomic E-state index is 13.6. The van der Waals surface area contributed by atoms with E-state index in [4.69, 9.17) is 11.6 Å². The summed E-state index contributed by atoms with van der Waals surface area (Å²) in [7, 11) is 0. The molecule has 1 saturated heterocycles. The molecule has 0 aromatic heterocycles. The van der Waals surface area contributed by atoms with Crippen LogP contribution in [-0.2, 0) is 15.0 Å². The van der Waals surface area contributed by atoms with Gasteiger partial charge < -0.3 is 10.4 Å². The van der Waals surface area contributed by atoms with Crippen molar-refractivity contribution in [2.45, 2.75) is 70.4 Å².